The average Bonchev–Trinajstić information content (AvgIpc) is 3.33. The molecule has 0 aliphatic heterocycles. The lowest BCUT2D eigenvalue weighted by molar-refractivity contribution is -0.133. The van der Waals surface area contributed by atoms with E-state index in [9.17, 15) is 9.59 Å². The number of benzene rings is 2. The Morgan fingerprint density at radius 3 is 2.42 bits per heavy atom. The van der Waals surface area contributed by atoms with E-state index in [0.717, 1.165) is 27.3 Å². The predicted molar refractivity (Wildman–Crippen MR) is 133 cm³/mol. The second-order valence-electron chi connectivity index (χ2n) is 7.91. The van der Waals surface area contributed by atoms with Crippen LogP contribution in [0.3, 0.4) is 0 Å². The smallest absolute Gasteiger partial charge is 0.322 e. The molecule has 7 heteroatoms. The van der Waals surface area contributed by atoms with Crippen LogP contribution in [0.5, 0.6) is 0 Å². The fourth-order valence-electron chi connectivity index (χ4n) is 3.42. The van der Waals surface area contributed by atoms with Crippen molar-refractivity contribution < 1.29 is 14.3 Å². The molecule has 3 rings (SSSR count). The van der Waals surface area contributed by atoms with Crippen LogP contribution >= 0.6 is 11.3 Å². The van der Waals surface area contributed by atoms with Gasteiger partial charge >= 0.3 is 6.03 Å². The molecule has 6 nitrogen and oxygen atoms in total. The van der Waals surface area contributed by atoms with Crippen molar-refractivity contribution in [3.8, 4) is 0 Å². The highest BCUT2D eigenvalue weighted by Crippen LogP contribution is 2.19. The zero-order valence-corrected chi connectivity index (χ0v) is 20.2. The summed E-state index contributed by atoms with van der Waals surface area (Å²) in [6, 6.07) is 19.4. The molecule has 0 bridgehead atoms. The molecule has 0 aliphatic carbocycles. The van der Waals surface area contributed by atoms with Crippen LogP contribution in [0.1, 0.15) is 21.6 Å². The lowest BCUT2D eigenvalue weighted by atomic mass is 10.1. The summed E-state index contributed by atoms with van der Waals surface area (Å²) < 4.78 is 5.19. The first-order valence-corrected chi connectivity index (χ1v) is 11.8. The number of aryl methyl sites for hydroxylation is 1. The number of thiophene rings is 1. The first-order chi connectivity index (χ1) is 16.0. The third kappa shape index (κ3) is 7.17. The molecule has 1 aromatic heterocycles. The quantitative estimate of drug-likeness (QED) is 0.455. The van der Waals surface area contributed by atoms with Gasteiger partial charge in [0.1, 0.15) is 6.54 Å². The highest BCUT2D eigenvalue weighted by atomic mass is 32.1. The van der Waals surface area contributed by atoms with Crippen molar-refractivity contribution in [1.29, 1.82) is 0 Å². The second-order valence-corrected chi connectivity index (χ2v) is 8.94. The fraction of sp³-hybridized carbons (Fsp3) is 0.308. The molecule has 1 heterocycles. The molecule has 2 aromatic carbocycles. The van der Waals surface area contributed by atoms with Crippen LogP contribution in [-0.2, 0) is 22.6 Å². The van der Waals surface area contributed by atoms with Gasteiger partial charge in [-0.15, -0.1) is 11.3 Å². The Bertz CT molecular complexity index is 1040. The molecule has 0 saturated heterocycles. The fourth-order valence-corrected chi connectivity index (χ4v) is 4.14. The van der Waals surface area contributed by atoms with E-state index in [4.69, 9.17) is 4.74 Å². The number of ether oxygens (including phenoxy) is 1. The molecule has 1 N–H and O–H groups in total. The van der Waals surface area contributed by atoms with Gasteiger partial charge in [-0.1, -0.05) is 48.5 Å². The highest BCUT2D eigenvalue weighted by molar-refractivity contribution is 7.09. The number of urea groups is 1. The summed E-state index contributed by atoms with van der Waals surface area (Å²) in [5.74, 6) is -0.112. The van der Waals surface area contributed by atoms with E-state index >= 15 is 0 Å². The van der Waals surface area contributed by atoms with E-state index in [1.54, 1.807) is 23.3 Å². The molecule has 33 heavy (non-hydrogen) atoms. The molecule has 0 atom stereocenters. The van der Waals surface area contributed by atoms with E-state index in [1.807, 2.05) is 79.9 Å². The number of anilines is 1. The largest absolute Gasteiger partial charge is 0.383 e. The van der Waals surface area contributed by atoms with Gasteiger partial charge in [0.2, 0.25) is 5.91 Å². The van der Waals surface area contributed by atoms with Crippen molar-refractivity contribution in [2.75, 3.05) is 32.1 Å². The van der Waals surface area contributed by atoms with Crippen molar-refractivity contribution in [3.05, 3.63) is 87.6 Å². The number of methoxy groups -OCH3 is 1. The maximum Gasteiger partial charge on any atom is 0.322 e. The van der Waals surface area contributed by atoms with E-state index in [0.29, 0.717) is 26.2 Å². The van der Waals surface area contributed by atoms with Gasteiger partial charge in [-0.2, -0.15) is 0 Å². The Labute approximate surface area is 199 Å². The van der Waals surface area contributed by atoms with Gasteiger partial charge in [0, 0.05) is 30.8 Å². The van der Waals surface area contributed by atoms with Crippen LogP contribution in [0.2, 0.25) is 0 Å². The minimum absolute atomic E-state index is 0.0295. The summed E-state index contributed by atoms with van der Waals surface area (Å²) in [6.45, 7) is 5.59. The van der Waals surface area contributed by atoms with Gasteiger partial charge in [0.05, 0.1) is 13.2 Å². The Morgan fingerprint density at radius 2 is 1.73 bits per heavy atom. The number of carbonyl (C=O) groups is 2. The minimum atomic E-state index is -0.315. The van der Waals surface area contributed by atoms with Crippen molar-refractivity contribution in [1.82, 2.24) is 9.80 Å². The second kappa shape index (κ2) is 12.2. The zero-order valence-electron chi connectivity index (χ0n) is 19.4. The van der Waals surface area contributed by atoms with E-state index < -0.39 is 0 Å². The molecular weight excluding hydrogens is 434 g/mol. The summed E-state index contributed by atoms with van der Waals surface area (Å²) in [5, 5.41) is 4.97. The summed E-state index contributed by atoms with van der Waals surface area (Å²) in [5.41, 5.74) is 3.89. The van der Waals surface area contributed by atoms with Gasteiger partial charge in [0.15, 0.2) is 0 Å². The number of hydrogen-bond acceptors (Lipinski definition) is 4. The van der Waals surface area contributed by atoms with Gasteiger partial charge in [-0.05, 0) is 48.1 Å². The Kier molecular flexibility index (Phi) is 9.04. The van der Waals surface area contributed by atoms with Crippen molar-refractivity contribution in [2.24, 2.45) is 0 Å². The molecule has 3 aromatic rings. The van der Waals surface area contributed by atoms with E-state index in [2.05, 4.69) is 5.32 Å². The van der Waals surface area contributed by atoms with Gasteiger partial charge < -0.3 is 19.9 Å². The van der Waals surface area contributed by atoms with Crippen LogP contribution in [0.4, 0.5) is 10.5 Å². The molecule has 0 spiro atoms. The Morgan fingerprint density at radius 1 is 0.939 bits per heavy atom. The van der Waals surface area contributed by atoms with Crippen LogP contribution in [0.25, 0.3) is 0 Å². The van der Waals surface area contributed by atoms with Crippen molar-refractivity contribution in [2.45, 2.75) is 26.9 Å². The summed E-state index contributed by atoms with van der Waals surface area (Å²) in [4.78, 5) is 30.9. The lowest BCUT2D eigenvalue weighted by Gasteiger charge is -2.28. The third-order valence-electron chi connectivity index (χ3n) is 5.52. The van der Waals surface area contributed by atoms with Gasteiger partial charge in [-0.3, -0.25) is 4.79 Å². The summed E-state index contributed by atoms with van der Waals surface area (Å²) in [6.07, 6.45) is 0. The number of carbonyl (C=O) groups excluding carboxylic acids is 2. The standard InChI is InChI=1S/C26H31N3O3S/c1-20-9-7-13-24(21(20)2)27-26(31)28(14-15-32-3)19-25(30)29(18-23-12-8-16-33-23)17-22-10-5-4-6-11-22/h4-13,16H,14-15,17-19H2,1-3H3,(H,27,31). The number of amides is 3. The minimum Gasteiger partial charge on any atom is -0.383 e. The summed E-state index contributed by atoms with van der Waals surface area (Å²) in [7, 11) is 1.58. The van der Waals surface area contributed by atoms with Crippen molar-refractivity contribution in [3.63, 3.8) is 0 Å². The maximum atomic E-state index is 13.4. The predicted octanol–water partition coefficient (Wildman–Crippen LogP) is 5.07. The molecule has 174 valence electrons. The zero-order chi connectivity index (χ0) is 23.6. The SMILES string of the molecule is COCCN(CC(=O)N(Cc1ccccc1)Cc1cccs1)C(=O)Nc1cccc(C)c1C. The summed E-state index contributed by atoms with van der Waals surface area (Å²) >= 11 is 1.62. The topological polar surface area (TPSA) is 61.9 Å². The normalized spacial score (nSPS) is 10.6. The monoisotopic (exact) mass is 465 g/mol. The average molecular weight is 466 g/mol. The number of hydrogen-bond donors (Lipinski definition) is 1. The van der Waals surface area contributed by atoms with E-state index in [-0.39, 0.29) is 18.5 Å². The molecule has 3 amide bonds. The number of nitrogens with one attached hydrogen (secondary N) is 1. The Balaban J connectivity index is 1.75. The molecule has 0 unspecified atom stereocenters. The van der Waals surface area contributed by atoms with Gasteiger partial charge in [-0.25, -0.2) is 4.79 Å². The molecule has 0 radical (unpaired) electrons. The van der Waals surface area contributed by atoms with E-state index in [1.165, 1.54) is 4.90 Å². The molecule has 0 aliphatic rings. The van der Waals surface area contributed by atoms with Crippen LogP contribution in [0.15, 0.2) is 66.0 Å². The first-order valence-electron chi connectivity index (χ1n) is 10.9. The van der Waals surface area contributed by atoms with Gasteiger partial charge in [0.25, 0.3) is 0 Å². The van der Waals surface area contributed by atoms with Crippen LogP contribution < -0.4 is 5.32 Å². The first kappa shape index (κ1) is 24.5. The maximum absolute atomic E-state index is 13.4. The highest BCUT2D eigenvalue weighted by Gasteiger charge is 2.22. The van der Waals surface area contributed by atoms with Crippen LogP contribution in [-0.4, -0.2) is 48.5 Å². The molecule has 0 fully saturated rings. The van der Waals surface area contributed by atoms with Crippen LogP contribution in [0, 0.1) is 13.8 Å². The number of nitrogens with zero attached hydrogens (tertiary/aromatic N) is 2. The number of rotatable bonds is 10. The van der Waals surface area contributed by atoms with Crippen molar-refractivity contribution >= 4 is 29.0 Å². The third-order valence-corrected chi connectivity index (χ3v) is 6.38. The lowest BCUT2D eigenvalue weighted by Crippen LogP contribution is -2.45. The molecular formula is C26H31N3O3S. The Hall–Kier alpha value is -3.16. The molecule has 0 saturated carbocycles.